The van der Waals surface area contributed by atoms with Crippen molar-refractivity contribution in [2.75, 3.05) is 39.2 Å². The molecule has 0 amide bonds. The maximum absolute atomic E-state index is 14.1. The minimum Gasteiger partial charge on any atom is -0.494 e. The smallest absolute Gasteiger partial charge is 0.167 e. The van der Waals surface area contributed by atoms with Crippen molar-refractivity contribution in [3.05, 3.63) is 48.8 Å². The van der Waals surface area contributed by atoms with Gasteiger partial charge in [0.15, 0.2) is 17.2 Å². The van der Waals surface area contributed by atoms with E-state index in [9.17, 15) is 4.39 Å². The van der Waals surface area contributed by atoms with Crippen LogP contribution < -0.4 is 9.64 Å². The fourth-order valence-electron chi connectivity index (χ4n) is 4.40. The predicted molar refractivity (Wildman–Crippen MR) is 119 cm³/mol. The number of nitrogens with zero attached hydrogens (tertiary/aromatic N) is 6. The van der Waals surface area contributed by atoms with Crippen LogP contribution in [0.4, 0.5) is 10.1 Å². The zero-order valence-electron chi connectivity index (χ0n) is 17.9. The molecule has 3 aromatic heterocycles. The molecule has 0 spiro atoms. The van der Waals surface area contributed by atoms with Crippen molar-refractivity contribution in [1.29, 1.82) is 0 Å². The average Bonchev–Trinajstić information content (AvgIpc) is 3.21. The third-order valence-corrected chi connectivity index (χ3v) is 6.21. The molecule has 1 aliphatic heterocycles. The van der Waals surface area contributed by atoms with Crippen LogP contribution in [-0.4, -0.2) is 64.8 Å². The molecule has 0 N–H and O–H groups in total. The van der Waals surface area contributed by atoms with Crippen LogP contribution in [-0.2, 0) is 0 Å². The molecule has 0 atom stereocenters. The highest BCUT2D eigenvalue weighted by molar-refractivity contribution is 5.98. The molecule has 0 unspecified atom stereocenters. The van der Waals surface area contributed by atoms with Crippen LogP contribution in [0.3, 0.4) is 0 Å². The highest BCUT2D eigenvalue weighted by Gasteiger charge is 2.22. The number of ether oxygens (including phenoxy) is 1. The molecule has 5 rings (SSSR count). The van der Waals surface area contributed by atoms with Crippen molar-refractivity contribution in [1.82, 2.24) is 24.5 Å². The van der Waals surface area contributed by atoms with Gasteiger partial charge in [-0.25, -0.2) is 13.9 Å². The Morgan fingerprint density at radius 1 is 1.10 bits per heavy atom. The highest BCUT2D eigenvalue weighted by atomic mass is 19.1. The average molecular weight is 420 g/mol. The van der Waals surface area contributed by atoms with Crippen molar-refractivity contribution in [2.45, 2.75) is 18.9 Å². The second-order valence-corrected chi connectivity index (χ2v) is 8.18. The SMILES string of the molecule is COc1cc2c(-c3cnn4cc(N5CCC(N(C)C)CC5)cnc34)ccnc2cc1F. The number of piperidine rings is 1. The summed E-state index contributed by atoms with van der Waals surface area (Å²) in [5, 5.41) is 5.35. The zero-order chi connectivity index (χ0) is 21.5. The maximum atomic E-state index is 14.1. The Kier molecular flexibility index (Phi) is 4.94. The molecule has 1 aromatic carbocycles. The minimum absolute atomic E-state index is 0.189. The number of hydrogen-bond donors (Lipinski definition) is 0. The third-order valence-electron chi connectivity index (χ3n) is 6.21. The standard InChI is InChI=1S/C23H25FN6O/c1-28(2)15-5-8-29(9-6-15)16-12-26-23-19(13-27-30(23)14-16)17-4-7-25-21-11-20(24)22(31-3)10-18(17)21/h4,7,10-15H,5-6,8-9H2,1-3H3. The first-order valence-corrected chi connectivity index (χ1v) is 10.4. The summed E-state index contributed by atoms with van der Waals surface area (Å²) >= 11 is 0. The monoisotopic (exact) mass is 420 g/mol. The molecule has 0 bridgehead atoms. The normalized spacial score (nSPS) is 15.3. The number of benzene rings is 1. The van der Waals surface area contributed by atoms with E-state index in [2.05, 4.69) is 34.0 Å². The Bertz CT molecular complexity index is 1250. The summed E-state index contributed by atoms with van der Waals surface area (Å²) in [7, 11) is 5.75. The van der Waals surface area contributed by atoms with Gasteiger partial charge in [0.1, 0.15) is 0 Å². The number of pyridine rings is 1. The van der Waals surface area contributed by atoms with E-state index in [4.69, 9.17) is 9.72 Å². The van der Waals surface area contributed by atoms with Crippen molar-refractivity contribution >= 4 is 22.2 Å². The van der Waals surface area contributed by atoms with Gasteiger partial charge in [-0.2, -0.15) is 5.10 Å². The molecule has 0 radical (unpaired) electrons. The lowest BCUT2D eigenvalue weighted by atomic mass is 10.0. The lowest BCUT2D eigenvalue weighted by molar-refractivity contribution is 0.249. The summed E-state index contributed by atoms with van der Waals surface area (Å²) in [5.74, 6) is -0.241. The van der Waals surface area contributed by atoms with Gasteiger partial charge in [-0.3, -0.25) is 4.98 Å². The number of rotatable bonds is 4. The van der Waals surface area contributed by atoms with Crippen molar-refractivity contribution < 1.29 is 9.13 Å². The molecule has 4 heterocycles. The summed E-state index contributed by atoms with van der Waals surface area (Å²) in [6.07, 6.45) is 9.70. The fourth-order valence-corrected chi connectivity index (χ4v) is 4.40. The van der Waals surface area contributed by atoms with Crippen LogP contribution in [0.2, 0.25) is 0 Å². The van der Waals surface area contributed by atoms with Crippen molar-refractivity contribution in [3.63, 3.8) is 0 Å². The Hall–Kier alpha value is -3.26. The Labute approximate surface area is 180 Å². The second kappa shape index (κ2) is 7.77. The Balaban J connectivity index is 1.51. The number of hydrogen-bond acceptors (Lipinski definition) is 6. The van der Waals surface area contributed by atoms with Crippen LogP contribution >= 0.6 is 0 Å². The van der Waals surface area contributed by atoms with Crippen LogP contribution in [0.1, 0.15) is 12.8 Å². The summed E-state index contributed by atoms with van der Waals surface area (Å²) < 4.78 is 21.1. The van der Waals surface area contributed by atoms with E-state index in [-0.39, 0.29) is 5.75 Å². The number of aromatic nitrogens is 4. The molecular formula is C23H25FN6O. The van der Waals surface area contributed by atoms with Gasteiger partial charge in [0.25, 0.3) is 0 Å². The molecule has 31 heavy (non-hydrogen) atoms. The quantitative estimate of drug-likeness (QED) is 0.503. The van der Waals surface area contributed by atoms with E-state index in [1.54, 1.807) is 18.5 Å². The van der Waals surface area contributed by atoms with Gasteiger partial charge < -0.3 is 14.5 Å². The maximum Gasteiger partial charge on any atom is 0.167 e. The largest absolute Gasteiger partial charge is 0.494 e. The number of halogens is 1. The first-order valence-electron chi connectivity index (χ1n) is 10.4. The van der Waals surface area contributed by atoms with Crippen LogP contribution in [0.25, 0.3) is 27.7 Å². The fraction of sp³-hybridized carbons (Fsp3) is 0.348. The first kappa shape index (κ1) is 19.7. The summed E-state index contributed by atoms with van der Waals surface area (Å²) in [6.45, 7) is 2.01. The summed E-state index contributed by atoms with van der Waals surface area (Å²) in [5.41, 5.74) is 4.16. The molecule has 4 aromatic rings. The summed E-state index contributed by atoms with van der Waals surface area (Å²) in [4.78, 5) is 13.7. The van der Waals surface area contributed by atoms with E-state index >= 15 is 0 Å². The molecule has 0 aliphatic carbocycles. The van der Waals surface area contributed by atoms with Gasteiger partial charge in [-0.1, -0.05) is 0 Å². The second-order valence-electron chi connectivity index (χ2n) is 8.18. The van der Waals surface area contributed by atoms with E-state index in [1.165, 1.54) is 13.2 Å². The number of anilines is 1. The van der Waals surface area contributed by atoms with Crippen molar-refractivity contribution in [2.24, 2.45) is 0 Å². The van der Waals surface area contributed by atoms with E-state index in [0.29, 0.717) is 11.6 Å². The third kappa shape index (κ3) is 3.46. The van der Waals surface area contributed by atoms with Gasteiger partial charge in [-0.05, 0) is 44.6 Å². The van der Waals surface area contributed by atoms with Gasteiger partial charge >= 0.3 is 0 Å². The lowest BCUT2D eigenvalue weighted by Crippen LogP contribution is -2.42. The van der Waals surface area contributed by atoms with Crippen molar-refractivity contribution in [3.8, 4) is 16.9 Å². The topological polar surface area (TPSA) is 58.8 Å². The lowest BCUT2D eigenvalue weighted by Gasteiger charge is -2.36. The first-order chi connectivity index (χ1) is 15.0. The molecule has 160 valence electrons. The van der Waals surface area contributed by atoms with Gasteiger partial charge in [0.05, 0.1) is 36.9 Å². The molecular weight excluding hydrogens is 395 g/mol. The number of fused-ring (bicyclic) bond motifs is 2. The van der Waals surface area contributed by atoms with Crippen LogP contribution in [0, 0.1) is 5.82 Å². The molecule has 8 heteroatoms. The summed E-state index contributed by atoms with van der Waals surface area (Å²) in [6, 6.07) is 5.61. The van der Waals surface area contributed by atoms with E-state index in [0.717, 1.165) is 53.8 Å². The van der Waals surface area contributed by atoms with Gasteiger partial charge in [0.2, 0.25) is 0 Å². The Morgan fingerprint density at radius 2 is 1.90 bits per heavy atom. The van der Waals surface area contributed by atoms with E-state index < -0.39 is 5.82 Å². The molecule has 1 aliphatic rings. The molecule has 1 saturated heterocycles. The predicted octanol–water partition coefficient (Wildman–Crippen LogP) is 3.62. The number of methoxy groups -OCH3 is 1. The van der Waals surface area contributed by atoms with E-state index in [1.807, 2.05) is 23.0 Å². The minimum atomic E-state index is -0.430. The molecule has 7 nitrogen and oxygen atoms in total. The molecule has 1 fully saturated rings. The zero-order valence-corrected chi connectivity index (χ0v) is 17.9. The highest BCUT2D eigenvalue weighted by Crippen LogP contribution is 2.34. The van der Waals surface area contributed by atoms with Gasteiger partial charge in [-0.15, -0.1) is 0 Å². The van der Waals surface area contributed by atoms with Gasteiger partial charge in [0, 0.05) is 42.3 Å². The van der Waals surface area contributed by atoms with Crippen LogP contribution in [0.5, 0.6) is 5.75 Å². The molecule has 0 saturated carbocycles. The van der Waals surface area contributed by atoms with Crippen LogP contribution in [0.15, 0.2) is 43.0 Å². The Morgan fingerprint density at radius 3 is 2.65 bits per heavy atom.